The molecule has 0 aliphatic carbocycles. The SMILES string of the molecule is CCC(N)CNc1cccc(F)c1[N+](=O)[O-]. The maximum Gasteiger partial charge on any atom is 0.327 e. The zero-order valence-electron chi connectivity index (χ0n) is 8.94. The van der Waals surface area contributed by atoms with Gasteiger partial charge in [0, 0.05) is 12.6 Å². The van der Waals surface area contributed by atoms with Gasteiger partial charge < -0.3 is 11.1 Å². The van der Waals surface area contributed by atoms with E-state index in [4.69, 9.17) is 5.73 Å². The van der Waals surface area contributed by atoms with E-state index in [-0.39, 0.29) is 11.7 Å². The minimum Gasteiger partial charge on any atom is -0.378 e. The molecule has 0 amide bonds. The van der Waals surface area contributed by atoms with E-state index in [1.54, 1.807) is 0 Å². The van der Waals surface area contributed by atoms with Crippen LogP contribution in [0.15, 0.2) is 18.2 Å². The summed E-state index contributed by atoms with van der Waals surface area (Å²) >= 11 is 0. The second-order valence-corrected chi connectivity index (χ2v) is 3.44. The fourth-order valence-electron chi connectivity index (χ4n) is 1.23. The molecule has 1 aromatic rings. The van der Waals surface area contributed by atoms with Crippen molar-refractivity contribution in [2.45, 2.75) is 19.4 Å². The van der Waals surface area contributed by atoms with Gasteiger partial charge in [0.05, 0.1) is 4.92 Å². The third-order valence-corrected chi connectivity index (χ3v) is 2.25. The summed E-state index contributed by atoms with van der Waals surface area (Å²) in [4.78, 5) is 9.91. The highest BCUT2D eigenvalue weighted by atomic mass is 19.1. The smallest absolute Gasteiger partial charge is 0.327 e. The lowest BCUT2D eigenvalue weighted by Gasteiger charge is -2.11. The summed E-state index contributed by atoms with van der Waals surface area (Å²) in [7, 11) is 0. The Morgan fingerprint density at radius 3 is 2.88 bits per heavy atom. The van der Waals surface area contributed by atoms with Crippen molar-refractivity contribution in [1.29, 1.82) is 0 Å². The van der Waals surface area contributed by atoms with Gasteiger partial charge in [-0.05, 0) is 18.6 Å². The van der Waals surface area contributed by atoms with Crippen LogP contribution in [0.5, 0.6) is 0 Å². The molecule has 0 fully saturated rings. The molecular weight excluding hydrogens is 213 g/mol. The molecule has 6 heteroatoms. The quantitative estimate of drug-likeness (QED) is 0.594. The average molecular weight is 227 g/mol. The zero-order valence-corrected chi connectivity index (χ0v) is 8.94. The molecule has 1 rings (SSSR count). The molecule has 1 atom stereocenters. The Balaban J connectivity index is 2.87. The molecule has 0 heterocycles. The molecule has 0 spiro atoms. The van der Waals surface area contributed by atoms with Crippen molar-refractivity contribution in [3.63, 3.8) is 0 Å². The van der Waals surface area contributed by atoms with Crippen molar-refractivity contribution in [3.05, 3.63) is 34.1 Å². The zero-order chi connectivity index (χ0) is 12.1. The highest BCUT2D eigenvalue weighted by molar-refractivity contribution is 5.61. The van der Waals surface area contributed by atoms with E-state index in [1.165, 1.54) is 12.1 Å². The van der Waals surface area contributed by atoms with Gasteiger partial charge in [-0.3, -0.25) is 10.1 Å². The second kappa shape index (κ2) is 5.41. The van der Waals surface area contributed by atoms with Crippen molar-refractivity contribution >= 4 is 11.4 Å². The van der Waals surface area contributed by atoms with E-state index in [1.807, 2.05) is 6.92 Å². The fourth-order valence-corrected chi connectivity index (χ4v) is 1.23. The molecule has 88 valence electrons. The standard InChI is InChI=1S/C10H14FN3O2/c1-2-7(12)6-13-9-5-3-4-8(11)10(9)14(15)16/h3-5,7,13H,2,6,12H2,1H3. The first-order valence-electron chi connectivity index (χ1n) is 4.98. The average Bonchev–Trinajstić information content (AvgIpc) is 2.25. The van der Waals surface area contributed by atoms with Crippen LogP contribution < -0.4 is 11.1 Å². The van der Waals surface area contributed by atoms with Gasteiger partial charge in [0.25, 0.3) is 0 Å². The van der Waals surface area contributed by atoms with Crippen molar-refractivity contribution in [1.82, 2.24) is 0 Å². The minimum absolute atomic E-state index is 0.108. The van der Waals surface area contributed by atoms with Crippen molar-refractivity contribution in [3.8, 4) is 0 Å². The van der Waals surface area contributed by atoms with Crippen LogP contribution in [-0.2, 0) is 0 Å². The maximum atomic E-state index is 13.2. The highest BCUT2D eigenvalue weighted by Crippen LogP contribution is 2.26. The van der Waals surface area contributed by atoms with Crippen LogP contribution in [0.3, 0.4) is 0 Å². The number of para-hydroxylation sites is 1. The number of hydrogen-bond donors (Lipinski definition) is 2. The van der Waals surface area contributed by atoms with E-state index in [0.717, 1.165) is 12.5 Å². The lowest BCUT2D eigenvalue weighted by Crippen LogP contribution is -2.28. The van der Waals surface area contributed by atoms with E-state index < -0.39 is 16.4 Å². The molecule has 1 unspecified atom stereocenters. The molecule has 0 saturated heterocycles. The minimum atomic E-state index is -0.847. The van der Waals surface area contributed by atoms with Crippen LogP contribution >= 0.6 is 0 Å². The molecule has 16 heavy (non-hydrogen) atoms. The number of halogens is 1. The van der Waals surface area contributed by atoms with Gasteiger partial charge in [-0.25, -0.2) is 0 Å². The van der Waals surface area contributed by atoms with Gasteiger partial charge >= 0.3 is 5.69 Å². The van der Waals surface area contributed by atoms with Gasteiger partial charge in [-0.1, -0.05) is 13.0 Å². The molecule has 0 aromatic heterocycles. The van der Waals surface area contributed by atoms with Crippen LogP contribution in [-0.4, -0.2) is 17.5 Å². The predicted molar refractivity (Wildman–Crippen MR) is 59.8 cm³/mol. The first-order chi connectivity index (χ1) is 7.56. The van der Waals surface area contributed by atoms with Crippen LogP contribution in [0.4, 0.5) is 15.8 Å². The molecule has 0 bridgehead atoms. The number of nitrogens with zero attached hydrogens (tertiary/aromatic N) is 1. The number of nitro groups is 1. The van der Waals surface area contributed by atoms with Crippen molar-refractivity contribution < 1.29 is 9.31 Å². The van der Waals surface area contributed by atoms with Gasteiger partial charge in [-0.15, -0.1) is 0 Å². The Bertz CT molecular complexity index is 384. The maximum absolute atomic E-state index is 13.2. The summed E-state index contributed by atoms with van der Waals surface area (Å²) in [5.41, 5.74) is 5.28. The molecular formula is C10H14FN3O2. The van der Waals surface area contributed by atoms with Gasteiger partial charge in [0.2, 0.25) is 5.82 Å². The Hall–Kier alpha value is -1.69. The summed E-state index contributed by atoms with van der Waals surface area (Å²) < 4.78 is 13.2. The number of nitrogens with two attached hydrogens (primary N) is 1. The van der Waals surface area contributed by atoms with Gasteiger partial charge in [0.15, 0.2) is 0 Å². The highest BCUT2D eigenvalue weighted by Gasteiger charge is 2.19. The number of rotatable bonds is 5. The third-order valence-electron chi connectivity index (χ3n) is 2.25. The fraction of sp³-hybridized carbons (Fsp3) is 0.400. The van der Waals surface area contributed by atoms with Crippen LogP contribution in [0, 0.1) is 15.9 Å². The Kier molecular flexibility index (Phi) is 4.19. The van der Waals surface area contributed by atoms with E-state index in [2.05, 4.69) is 5.32 Å². The number of hydrogen-bond acceptors (Lipinski definition) is 4. The topological polar surface area (TPSA) is 81.2 Å². The van der Waals surface area contributed by atoms with Gasteiger partial charge in [0.1, 0.15) is 5.69 Å². The summed E-state index contributed by atoms with van der Waals surface area (Å²) in [6, 6.07) is 3.83. The molecule has 0 aliphatic rings. The molecule has 3 N–H and O–H groups in total. The summed E-state index contributed by atoms with van der Waals surface area (Å²) in [6.45, 7) is 2.28. The Morgan fingerprint density at radius 1 is 1.62 bits per heavy atom. The molecule has 1 aromatic carbocycles. The lowest BCUT2D eigenvalue weighted by atomic mass is 10.2. The first kappa shape index (κ1) is 12.4. The number of anilines is 1. The molecule has 0 saturated carbocycles. The Labute approximate surface area is 92.6 Å². The van der Waals surface area contributed by atoms with Crippen LogP contribution in [0.1, 0.15) is 13.3 Å². The normalized spacial score (nSPS) is 12.2. The predicted octanol–water partition coefficient (Wildman–Crippen LogP) is 1.88. The van der Waals surface area contributed by atoms with Crippen LogP contribution in [0.2, 0.25) is 0 Å². The van der Waals surface area contributed by atoms with Crippen molar-refractivity contribution in [2.24, 2.45) is 5.73 Å². The third kappa shape index (κ3) is 2.90. The number of nitro benzene ring substituents is 1. The largest absolute Gasteiger partial charge is 0.378 e. The summed E-state index contributed by atoms with van der Waals surface area (Å²) in [6.07, 6.45) is 0.746. The van der Waals surface area contributed by atoms with E-state index in [0.29, 0.717) is 6.54 Å². The summed E-state index contributed by atoms with van der Waals surface area (Å²) in [5.74, 6) is -0.847. The van der Waals surface area contributed by atoms with Crippen LogP contribution in [0.25, 0.3) is 0 Å². The molecule has 0 aliphatic heterocycles. The Morgan fingerprint density at radius 2 is 2.31 bits per heavy atom. The van der Waals surface area contributed by atoms with Gasteiger partial charge in [-0.2, -0.15) is 4.39 Å². The summed E-state index contributed by atoms with van der Waals surface area (Å²) in [5, 5.41) is 13.4. The van der Waals surface area contributed by atoms with Crippen molar-refractivity contribution in [2.75, 3.05) is 11.9 Å². The second-order valence-electron chi connectivity index (χ2n) is 3.44. The molecule has 5 nitrogen and oxygen atoms in total. The van der Waals surface area contributed by atoms with E-state index in [9.17, 15) is 14.5 Å². The first-order valence-corrected chi connectivity index (χ1v) is 4.98. The van der Waals surface area contributed by atoms with E-state index >= 15 is 0 Å². The number of benzene rings is 1. The lowest BCUT2D eigenvalue weighted by molar-refractivity contribution is -0.386. The monoisotopic (exact) mass is 227 g/mol. The number of nitrogens with one attached hydrogen (secondary N) is 1. The molecule has 0 radical (unpaired) electrons.